The van der Waals surface area contributed by atoms with Gasteiger partial charge in [-0.2, -0.15) is 0 Å². The molecule has 0 aliphatic carbocycles. The van der Waals surface area contributed by atoms with Crippen LogP contribution in [0, 0.1) is 0 Å². The Kier molecular flexibility index (Phi) is 4.89. The monoisotopic (exact) mass is 248 g/mol. The van der Waals surface area contributed by atoms with E-state index in [4.69, 9.17) is 0 Å². The van der Waals surface area contributed by atoms with Crippen LogP contribution in [0.15, 0.2) is 24.3 Å². The first-order valence-corrected chi connectivity index (χ1v) is 6.08. The van der Waals surface area contributed by atoms with Crippen LogP contribution in [0.4, 0.5) is 5.69 Å². The van der Waals surface area contributed by atoms with E-state index in [-0.39, 0.29) is 11.8 Å². The maximum absolute atomic E-state index is 11.7. The fourth-order valence-electron chi connectivity index (χ4n) is 1.57. The van der Waals surface area contributed by atoms with Gasteiger partial charge in [0.25, 0.3) is 0 Å². The second-order valence-corrected chi connectivity index (χ2v) is 4.69. The third-order valence-corrected chi connectivity index (χ3v) is 2.66. The fourth-order valence-corrected chi connectivity index (χ4v) is 1.57. The Morgan fingerprint density at radius 3 is 2.06 bits per heavy atom. The Morgan fingerprint density at radius 2 is 1.61 bits per heavy atom. The first-order valence-electron chi connectivity index (χ1n) is 6.08. The summed E-state index contributed by atoms with van der Waals surface area (Å²) in [5.41, 5.74) is 1.96. The van der Waals surface area contributed by atoms with E-state index in [2.05, 4.69) is 24.5 Å². The molecule has 0 saturated carbocycles. The van der Waals surface area contributed by atoms with Crippen molar-refractivity contribution in [2.75, 3.05) is 5.32 Å². The highest BCUT2D eigenvalue weighted by atomic mass is 16.2. The molecule has 1 unspecified atom stereocenters. The van der Waals surface area contributed by atoms with Crippen LogP contribution in [-0.2, 0) is 9.59 Å². The normalized spacial score (nSPS) is 12.1. The number of anilines is 1. The third-order valence-electron chi connectivity index (χ3n) is 2.66. The van der Waals surface area contributed by atoms with Crippen LogP contribution < -0.4 is 10.6 Å². The lowest BCUT2D eigenvalue weighted by atomic mass is 10.0. The van der Waals surface area contributed by atoms with Crippen LogP contribution in [-0.4, -0.2) is 17.9 Å². The molecule has 0 fully saturated rings. The average Bonchev–Trinajstić information content (AvgIpc) is 2.28. The van der Waals surface area contributed by atoms with E-state index >= 15 is 0 Å². The molecule has 2 amide bonds. The number of amides is 2. The molecule has 4 nitrogen and oxygen atoms in total. The second kappa shape index (κ2) is 6.19. The maximum Gasteiger partial charge on any atom is 0.246 e. The summed E-state index contributed by atoms with van der Waals surface area (Å²) in [6.07, 6.45) is 0. The summed E-state index contributed by atoms with van der Waals surface area (Å²) < 4.78 is 0. The number of carbonyl (C=O) groups is 2. The van der Waals surface area contributed by atoms with Gasteiger partial charge in [-0.05, 0) is 30.5 Å². The van der Waals surface area contributed by atoms with E-state index in [1.807, 2.05) is 24.3 Å². The van der Waals surface area contributed by atoms with Crippen molar-refractivity contribution in [3.63, 3.8) is 0 Å². The summed E-state index contributed by atoms with van der Waals surface area (Å²) >= 11 is 0. The van der Waals surface area contributed by atoms with Crippen LogP contribution in [0.25, 0.3) is 0 Å². The van der Waals surface area contributed by atoms with Crippen molar-refractivity contribution < 1.29 is 9.59 Å². The summed E-state index contributed by atoms with van der Waals surface area (Å²) in [4.78, 5) is 22.6. The summed E-state index contributed by atoms with van der Waals surface area (Å²) in [7, 11) is 0. The van der Waals surface area contributed by atoms with E-state index in [0.29, 0.717) is 5.92 Å². The molecule has 0 aliphatic rings. The van der Waals surface area contributed by atoms with Crippen molar-refractivity contribution in [2.45, 2.75) is 39.7 Å². The molecule has 1 rings (SSSR count). The summed E-state index contributed by atoms with van der Waals surface area (Å²) in [5, 5.41) is 5.30. The largest absolute Gasteiger partial charge is 0.345 e. The van der Waals surface area contributed by atoms with Gasteiger partial charge in [0.15, 0.2) is 0 Å². The smallest absolute Gasteiger partial charge is 0.246 e. The van der Waals surface area contributed by atoms with Gasteiger partial charge in [-0.3, -0.25) is 9.59 Å². The Labute approximate surface area is 108 Å². The standard InChI is InChI=1S/C14H20N2O2/c1-9(2)12-5-7-13(8-6-12)16-14(18)10(3)15-11(4)17/h5-10H,1-4H3,(H,15,17)(H,16,18). The van der Waals surface area contributed by atoms with Crippen molar-refractivity contribution in [1.82, 2.24) is 5.32 Å². The van der Waals surface area contributed by atoms with Gasteiger partial charge in [0.2, 0.25) is 11.8 Å². The van der Waals surface area contributed by atoms with E-state index in [9.17, 15) is 9.59 Å². The van der Waals surface area contributed by atoms with Crippen LogP contribution in [0.2, 0.25) is 0 Å². The number of nitrogens with one attached hydrogen (secondary N) is 2. The van der Waals surface area contributed by atoms with Gasteiger partial charge in [0, 0.05) is 12.6 Å². The molecule has 18 heavy (non-hydrogen) atoms. The molecule has 1 aromatic rings. The molecule has 0 aliphatic heterocycles. The predicted molar refractivity (Wildman–Crippen MR) is 72.4 cm³/mol. The molecule has 1 atom stereocenters. The lowest BCUT2D eigenvalue weighted by molar-refractivity contribution is -0.124. The lowest BCUT2D eigenvalue weighted by Crippen LogP contribution is -2.40. The highest BCUT2D eigenvalue weighted by molar-refractivity contribution is 5.96. The van der Waals surface area contributed by atoms with E-state index in [0.717, 1.165) is 5.69 Å². The topological polar surface area (TPSA) is 58.2 Å². The second-order valence-electron chi connectivity index (χ2n) is 4.69. The SMILES string of the molecule is CC(=O)NC(C)C(=O)Nc1ccc(C(C)C)cc1. The Bertz CT molecular complexity index is 424. The minimum absolute atomic E-state index is 0.215. The number of hydrogen-bond donors (Lipinski definition) is 2. The van der Waals surface area contributed by atoms with Crippen LogP contribution in [0.1, 0.15) is 39.2 Å². The zero-order chi connectivity index (χ0) is 13.7. The molecule has 0 aromatic heterocycles. The van der Waals surface area contributed by atoms with Gasteiger partial charge in [-0.15, -0.1) is 0 Å². The first-order chi connectivity index (χ1) is 8.40. The summed E-state index contributed by atoms with van der Waals surface area (Å²) in [6, 6.07) is 7.18. The molecule has 98 valence electrons. The molecule has 4 heteroatoms. The Hall–Kier alpha value is -1.84. The van der Waals surface area contributed by atoms with Crippen LogP contribution in [0.5, 0.6) is 0 Å². The quantitative estimate of drug-likeness (QED) is 0.858. The van der Waals surface area contributed by atoms with E-state index in [1.165, 1.54) is 12.5 Å². The number of benzene rings is 1. The minimum Gasteiger partial charge on any atom is -0.345 e. The molecule has 0 spiro atoms. The highest BCUT2D eigenvalue weighted by Crippen LogP contribution is 2.17. The van der Waals surface area contributed by atoms with Crippen molar-refractivity contribution in [1.29, 1.82) is 0 Å². The first kappa shape index (κ1) is 14.2. The van der Waals surface area contributed by atoms with Crippen molar-refractivity contribution in [3.8, 4) is 0 Å². The Morgan fingerprint density at radius 1 is 1.06 bits per heavy atom. The Balaban J connectivity index is 2.62. The number of hydrogen-bond acceptors (Lipinski definition) is 2. The van der Waals surface area contributed by atoms with Gasteiger partial charge >= 0.3 is 0 Å². The number of rotatable bonds is 4. The maximum atomic E-state index is 11.7. The molecular weight excluding hydrogens is 228 g/mol. The molecular formula is C14H20N2O2. The molecule has 0 heterocycles. The predicted octanol–water partition coefficient (Wildman–Crippen LogP) is 2.27. The van der Waals surface area contributed by atoms with Crippen LogP contribution >= 0.6 is 0 Å². The molecule has 0 saturated heterocycles. The van der Waals surface area contributed by atoms with E-state index in [1.54, 1.807) is 6.92 Å². The van der Waals surface area contributed by atoms with Gasteiger partial charge < -0.3 is 10.6 Å². The minimum atomic E-state index is -0.535. The van der Waals surface area contributed by atoms with Crippen LogP contribution in [0.3, 0.4) is 0 Å². The van der Waals surface area contributed by atoms with Crippen molar-refractivity contribution in [2.24, 2.45) is 0 Å². The van der Waals surface area contributed by atoms with E-state index < -0.39 is 6.04 Å². The number of carbonyl (C=O) groups excluding carboxylic acids is 2. The molecule has 0 bridgehead atoms. The zero-order valence-electron chi connectivity index (χ0n) is 11.3. The summed E-state index contributed by atoms with van der Waals surface area (Å²) in [5.74, 6) is 0.0309. The molecule has 2 N–H and O–H groups in total. The molecule has 0 radical (unpaired) electrons. The average molecular weight is 248 g/mol. The van der Waals surface area contributed by atoms with Gasteiger partial charge in [0.1, 0.15) is 6.04 Å². The molecule has 1 aromatic carbocycles. The van der Waals surface area contributed by atoms with Gasteiger partial charge in [0.05, 0.1) is 0 Å². The third kappa shape index (κ3) is 4.20. The van der Waals surface area contributed by atoms with Crippen molar-refractivity contribution in [3.05, 3.63) is 29.8 Å². The summed E-state index contributed by atoms with van der Waals surface area (Å²) in [6.45, 7) is 7.28. The fraction of sp³-hybridized carbons (Fsp3) is 0.429. The van der Waals surface area contributed by atoms with Crippen molar-refractivity contribution >= 4 is 17.5 Å². The lowest BCUT2D eigenvalue weighted by Gasteiger charge is -2.13. The highest BCUT2D eigenvalue weighted by Gasteiger charge is 2.13. The van der Waals surface area contributed by atoms with Gasteiger partial charge in [-0.1, -0.05) is 26.0 Å². The zero-order valence-corrected chi connectivity index (χ0v) is 11.3. The van der Waals surface area contributed by atoms with Gasteiger partial charge in [-0.25, -0.2) is 0 Å².